The number of nitrogens with one attached hydrogen (secondary N) is 1. The molecule has 3 atom stereocenters. The molecule has 0 bridgehead atoms. The van der Waals surface area contributed by atoms with Crippen LogP contribution in [-0.2, 0) is 16.0 Å². The molecule has 2 rings (SSSR count). The number of rotatable bonds is 5. The predicted molar refractivity (Wildman–Crippen MR) is 86.7 cm³/mol. The molecule has 1 aromatic carbocycles. The first kappa shape index (κ1) is 16.8. The van der Waals surface area contributed by atoms with Crippen LogP contribution >= 0.6 is 0 Å². The van der Waals surface area contributed by atoms with Gasteiger partial charge in [-0.25, -0.2) is 0 Å². The molecule has 5 N–H and O–H groups in total. The first-order valence-electron chi connectivity index (χ1n) is 7.85. The Balaban J connectivity index is 2.00. The summed E-state index contributed by atoms with van der Waals surface area (Å²) in [7, 11) is 0. The molecule has 1 aliphatic rings. The van der Waals surface area contributed by atoms with Gasteiger partial charge >= 0.3 is 0 Å². The summed E-state index contributed by atoms with van der Waals surface area (Å²) in [5.41, 5.74) is 12.6. The Morgan fingerprint density at radius 3 is 2.39 bits per heavy atom. The first-order chi connectivity index (χ1) is 11.0. The summed E-state index contributed by atoms with van der Waals surface area (Å²) in [4.78, 5) is 23.9. The Hall–Kier alpha value is -2.55. The van der Waals surface area contributed by atoms with Gasteiger partial charge in [-0.05, 0) is 30.5 Å². The molecule has 122 valence electrons. The van der Waals surface area contributed by atoms with Crippen molar-refractivity contribution < 1.29 is 9.59 Å². The molecule has 0 saturated heterocycles. The minimum Gasteiger partial charge on any atom is -0.399 e. The number of carbonyl (C=O) groups excluding carboxylic acids is 2. The molecule has 6 nitrogen and oxygen atoms in total. The maximum atomic E-state index is 12.4. The summed E-state index contributed by atoms with van der Waals surface area (Å²) >= 11 is 0. The summed E-state index contributed by atoms with van der Waals surface area (Å²) in [6, 6.07) is 8.65. The van der Waals surface area contributed by atoms with Crippen molar-refractivity contribution in [3.63, 3.8) is 0 Å². The average Bonchev–Trinajstić information content (AvgIpc) is 2.56. The van der Waals surface area contributed by atoms with Crippen LogP contribution in [0.15, 0.2) is 24.3 Å². The number of hydrogen-bond donors (Lipinski definition) is 3. The number of hydrogen-bond acceptors (Lipinski definition) is 4. The Bertz CT molecular complexity index is 606. The lowest BCUT2D eigenvalue weighted by Crippen LogP contribution is -2.45. The van der Waals surface area contributed by atoms with Crippen LogP contribution < -0.4 is 16.8 Å². The number of benzene rings is 1. The van der Waals surface area contributed by atoms with Crippen LogP contribution in [0.1, 0.15) is 31.2 Å². The number of nitriles is 1. The minimum absolute atomic E-state index is 0.254. The highest BCUT2D eigenvalue weighted by atomic mass is 16.2. The Labute approximate surface area is 135 Å². The predicted octanol–water partition coefficient (Wildman–Crippen LogP) is 1.11. The van der Waals surface area contributed by atoms with E-state index in [4.69, 9.17) is 11.5 Å². The lowest BCUT2D eigenvalue weighted by molar-refractivity contribution is -0.135. The highest BCUT2D eigenvalue weighted by molar-refractivity contribution is 5.87. The Kier molecular flexibility index (Phi) is 5.58. The zero-order valence-electron chi connectivity index (χ0n) is 13.0. The first-order valence-corrected chi connectivity index (χ1v) is 7.85. The van der Waals surface area contributed by atoms with E-state index in [-0.39, 0.29) is 5.91 Å². The van der Waals surface area contributed by atoms with Crippen molar-refractivity contribution in [3.05, 3.63) is 29.8 Å². The molecule has 2 amide bonds. The zero-order valence-corrected chi connectivity index (χ0v) is 13.0. The van der Waals surface area contributed by atoms with E-state index in [2.05, 4.69) is 11.4 Å². The SMILES string of the molecule is N#CC(Cc1ccc(N)cc1)NC(=O)[C@@H]1CCCC[C@@H]1C(N)=O. The molecule has 23 heavy (non-hydrogen) atoms. The molecule has 0 spiro atoms. The molecule has 1 saturated carbocycles. The van der Waals surface area contributed by atoms with Gasteiger partial charge in [-0.15, -0.1) is 0 Å². The normalized spacial score (nSPS) is 21.9. The molecule has 0 radical (unpaired) electrons. The van der Waals surface area contributed by atoms with Gasteiger partial charge in [-0.2, -0.15) is 5.26 Å². The van der Waals surface area contributed by atoms with Crippen LogP contribution in [0.5, 0.6) is 0 Å². The summed E-state index contributed by atoms with van der Waals surface area (Å²) in [5, 5.41) is 12.0. The second-order valence-corrected chi connectivity index (χ2v) is 6.04. The summed E-state index contributed by atoms with van der Waals surface area (Å²) in [6.45, 7) is 0. The van der Waals surface area contributed by atoms with Crippen LogP contribution in [-0.4, -0.2) is 17.9 Å². The van der Waals surface area contributed by atoms with Crippen LogP contribution in [0.25, 0.3) is 0 Å². The highest BCUT2D eigenvalue weighted by Crippen LogP contribution is 2.30. The van der Waals surface area contributed by atoms with Crippen molar-refractivity contribution >= 4 is 17.5 Å². The van der Waals surface area contributed by atoms with Crippen molar-refractivity contribution in [1.82, 2.24) is 5.32 Å². The molecular formula is C17H22N4O2. The second kappa shape index (κ2) is 7.63. The minimum atomic E-state index is -0.637. The largest absolute Gasteiger partial charge is 0.399 e. The molecule has 6 heteroatoms. The van der Waals surface area contributed by atoms with E-state index in [1.54, 1.807) is 12.1 Å². The van der Waals surface area contributed by atoms with E-state index < -0.39 is 23.8 Å². The van der Waals surface area contributed by atoms with Crippen LogP contribution in [0.3, 0.4) is 0 Å². The van der Waals surface area contributed by atoms with Crippen molar-refractivity contribution in [2.75, 3.05) is 5.73 Å². The van der Waals surface area contributed by atoms with Crippen molar-refractivity contribution in [3.8, 4) is 6.07 Å². The van der Waals surface area contributed by atoms with E-state index in [9.17, 15) is 14.9 Å². The second-order valence-electron chi connectivity index (χ2n) is 6.04. The summed E-state index contributed by atoms with van der Waals surface area (Å²) in [6.07, 6.45) is 3.49. The van der Waals surface area contributed by atoms with E-state index >= 15 is 0 Å². The van der Waals surface area contributed by atoms with Crippen LogP contribution in [0, 0.1) is 23.2 Å². The lowest BCUT2D eigenvalue weighted by atomic mass is 9.78. The third-order valence-corrected chi connectivity index (χ3v) is 4.36. The Morgan fingerprint density at radius 1 is 1.22 bits per heavy atom. The molecule has 0 heterocycles. The van der Waals surface area contributed by atoms with Gasteiger partial charge in [0.2, 0.25) is 11.8 Å². The van der Waals surface area contributed by atoms with E-state index in [1.807, 2.05) is 12.1 Å². The van der Waals surface area contributed by atoms with Gasteiger partial charge in [0.15, 0.2) is 0 Å². The molecular weight excluding hydrogens is 292 g/mol. The fraction of sp³-hybridized carbons (Fsp3) is 0.471. The third kappa shape index (κ3) is 4.46. The van der Waals surface area contributed by atoms with Crippen LogP contribution in [0.4, 0.5) is 5.69 Å². The van der Waals surface area contributed by atoms with E-state index in [0.29, 0.717) is 24.9 Å². The molecule has 1 aromatic rings. The molecule has 1 unspecified atom stereocenters. The molecule has 0 aromatic heterocycles. The topological polar surface area (TPSA) is 122 Å². The van der Waals surface area contributed by atoms with Gasteiger partial charge in [-0.3, -0.25) is 9.59 Å². The van der Waals surface area contributed by atoms with Gasteiger partial charge < -0.3 is 16.8 Å². The molecule has 1 fully saturated rings. The molecule has 1 aliphatic carbocycles. The quantitative estimate of drug-likeness (QED) is 0.705. The zero-order chi connectivity index (χ0) is 16.8. The van der Waals surface area contributed by atoms with Crippen LogP contribution in [0.2, 0.25) is 0 Å². The fourth-order valence-electron chi connectivity index (χ4n) is 3.08. The number of anilines is 1. The van der Waals surface area contributed by atoms with Crippen molar-refractivity contribution in [2.45, 2.75) is 38.1 Å². The number of nitrogens with zero attached hydrogens (tertiary/aromatic N) is 1. The Morgan fingerprint density at radius 2 is 1.83 bits per heavy atom. The van der Waals surface area contributed by atoms with E-state index in [0.717, 1.165) is 18.4 Å². The maximum Gasteiger partial charge on any atom is 0.224 e. The summed E-state index contributed by atoms with van der Waals surface area (Å²) < 4.78 is 0. The van der Waals surface area contributed by atoms with Gasteiger partial charge in [0.25, 0.3) is 0 Å². The highest BCUT2D eigenvalue weighted by Gasteiger charge is 2.35. The number of primary amides is 1. The smallest absolute Gasteiger partial charge is 0.224 e. The third-order valence-electron chi connectivity index (χ3n) is 4.36. The van der Waals surface area contributed by atoms with Gasteiger partial charge in [0.05, 0.1) is 6.07 Å². The number of nitrogen functional groups attached to an aromatic ring is 1. The van der Waals surface area contributed by atoms with Gasteiger partial charge in [-0.1, -0.05) is 25.0 Å². The van der Waals surface area contributed by atoms with Crippen molar-refractivity contribution in [2.24, 2.45) is 17.6 Å². The maximum absolute atomic E-state index is 12.4. The van der Waals surface area contributed by atoms with Crippen molar-refractivity contribution in [1.29, 1.82) is 5.26 Å². The monoisotopic (exact) mass is 314 g/mol. The lowest BCUT2D eigenvalue weighted by Gasteiger charge is -2.29. The molecule has 0 aliphatic heterocycles. The summed E-state index contributed by atoms with van der Waals surface area (Å²) in [5.74, 6) is -1.55. The van der Waals surface area contributed by atoms with Gasteiger partial charge in [0.1, 0.15) is 6.04 Å². The van der Waals surface area contributed by atoms with E-state index in [1.165, 1.54) is 0 Å². The average molecular weight is 314 g/mol. The fourth-order valence-corrected chi connectivity index (χ4v) is 3.08. The standard InChI is InChI=1S/C17H22N4O2/c18-10-13(9-11-5-7-12(19)8-6-11)21-17(23)15-4-2-1-3-14(15)16(20)22/h5-8,13-15H,1-4,9,19H2,(H2,20,22)(H,21,23)/t13?,14-,15+/m0/s1. The number of nitrogens with two attached hydrogens (primary N) is 2. The number of amides is 2. The van der Waals surface area contributed by atoms with Gasteiger partial charge in [0, 0.05) is 23.9 Å². The number of carbonyl (C=O) groups is 2.